The van der Waals surface area contributed by atoms with Crippen molar-refractivity contribution >= 4 is 17.2 Å². The molecule has 0 radical (unpaired) electrons. The highest BCUT2D eigenvalue weighted by molar-refractivity contribution is 7.10. The summed E-state index contributed by atoms with van der Waals surface area (Å²) in [5, 5.41) is 12.2. The highest BCUT2D eigenvalue weighted by atomic mass is 32.1. The van der Waals surface area contributed by atoms with Gasteiger partial charge in [-0.15, -0.1) is 11.3 Å². The van der Waals surface area contributed by atoms with E-state index in [0.29, 0.717) is 13.0 Å². The lowest BCUT2D eigenvalue weighted by atomic mass is 9.96. The molecule has 1 N–H and O–H groups in total. The third-order valence-corrected chi connectivity index (χ3v) is 5.25. The fourth-order valence-corrected chi connectivity index (χ4v) is 3.75. The monoisotopic (exact) mass is 359 g/mol. The number of aromatic nitrogens is 2. The Hall–Kier alpha value is -1.87. The number of carbonyl (C=O) groups is 1. The Kier molecular flexibility index (Phi) is 4.16. The molecule has 0 fully saturated rings. The molecule has 3 heterocycles. The topological polar surface area (TPSA) is 58.4 Å². The van der Waals surface area contributed by atoms with Gasteiger partial charge in [0.1, 0.15) is 0 Å². The summed E-state index contributed by atoms with van der Waals surface area (Å²) < 4.78 is 41.6. The number of fused-ring (bicyclic) bond motifs is 1. The Bertz CT molecular complexity index is 755. The number of nitrogens with zero attached hydrogens (tertiary/aromatic N) is 3. The molecule has 1 aliphatic rings. The maximum atomic E-state index is 13.5. The van der Waals surface area contributed by atoms with Gasteiger partial charge in [-0.05, 0) is 23.4 Å². The second-order valence-electron chi connectivity index (χ2n) is 5.83. The second-order valence-corrected chi connectivity index (χ2v) is 6.83. The molecule has 24 heavy (non-hydrogen) atoms. The third-order valence-electron chi connectivity index (χ3n) is 4.23. The normalized spacial score (nSPS) is 17.5. The summed E-state index contributed by atoms with van der Waals surface area (Å²) in [6.07, 6.45) is -3.01. The minimum Gasteiger partial charge on any atom is -0.374 e. The van der Waals surface area contributed by atoms with E-state index in [2.05, 4.69) is 4.98 Å². The van der Waals surface area contributed by atoms with Gasteiger partial charge in [0.15, 0.2) is 5.82 Å². The largest absolute Gasteiger partial charge is 0.425 e. The molecule has 1 atom stereocenters. The Morgan fingerprint density at radius 3 is 2.83 bits per heavy atom. The molecule has 3 rings (SSSR count). The minimum atomic E-state index is -5.01. The van der Waals surface area contributed by atoms with Gasteiger partial charge in [-0.3, -0.25) is 4.79 Å². The van der Waals surface area contributed by atoms with Crippen molar-refractivity contribution in [3.63, 3.8) is 0 Å². The van der Waals surface area contributed by atoms with Crippen LogP contribution in [-0.2, 0) is 30.4 Å². The van der Waals surface area contributed by atoms with Crippen LogP contribution >= 0.6 is 11.3 Å². The highest BCUT2D eigenvalue weighted by Crippen LogP contribution is 2.41. The Morgan fingerprint density at radius 2 is 2.21 bits per heavy atom. The number of rotatable bonds is 3. The first-order chi connectivity index (χ1) is 11.2. The van der Waals surface area contributed by atoms with Crippen LogP contribution in [0.3, 0.4) is 0 Å². The van der Waals surface area contributed by atoms with Crippen LogP contribution in [0.15, 0.2) is 23.8 Å². The number of hydrogen-bond acceptors (Lipinski definition) is 4. The van der Waals surface area contributed by atoms with Gasteiger partial charge in [0, 0.05) is 37.4 Å². The maximum Gasteiger partial charge on any atom is 0.425 e. The van der Waals surface area contributed by atoms with E-state index in [-0.39, 0.29) is 6.54 Å². The highest BCUT2D eigenvalue weighted by Gasteiger charge is 2.59. The zero-order valence-electron chi connectivity index (χ0n) is 12.9. The molecule has 2 aromatic rings. The van der Waals surface area contributed by atoms with Gasteiger partial charge in [-0.1, -0.05) is 0 Å². The number of aliphatic hydroxyl groups is 1. The van der Waals surface area contributed by atoms with Crippen LogP contribution in [0.5, 0.6) is 0 Å². The smallest absolute Gasteiger partial charge is 0.374 e. The van der Waals surface area contributed by atoms with Crippen molar-refractivity contribution in [2.24, 2.45) is 7.05 Å². The predicted molar refractivity (Wildman–Crippen MR) is 81.2 cm³/mol. The summed E-state index contributed by atoms with van der Waals surface area (Å²) >= 11 is 1.58. The standard InChI is InChI=1S/C15H16F3N3O2S/c1-20-6-4-19-13(20)14(23,15(16,17)18)8-12(22)21-5-2-11-10(9-21)3-7-24-11/h3-4,6-7,23H,2,5,8-9H2,1H3. The van der Waals surface area contributed by atoms with Gasteiger partial charge in [0.05, 0.1) is 6.42 Å². The average molecular weight is 359 g/mol. The van der Waals surface area contributed by atoms with Crippen LogP contribution in [0, 0.1) is 0 Å². The van der Waals surface area contributed by atoms with Crippen LogP contribution in [0.1, 0.15) is 22.7 Å². The summed E-state index contributed by atoms with van der Waals surface area (Å²) in [6, 6.07) is 1.87. The lowest BCUT2D eigenvalue weighted by Gasteiger charge is -2.33. The summed E-state index contributed by atoms with van der Waals surface area (Å²) in [5.74, 6) is -1.33. The second kappa shape index (κ2) is 5.89. The van der Waals surface area contributed by atoms with Gasteiger partial charge < -0.3 is 14.6 Å². The average Bonchev–Trinajstić information content (AvgIpc) is 3.13. The van der Waals surface area contributed by atoms with E-state index in [0.717, 1.165) is 21.2 Å². The number of alkyl halides is 3. The summed E-state index contributed by atoms with van der Waals surface area (Å²) in [6.45, 7) is 0.618. The number of carbonyl (C=O) groups excluding carboxylic acids is 1. The number of aryl methyl sites for hydroxylation is 1. The Morgan fingerprint density at radius 1 is 1.46 bits per heavy atom. The molecule has 0 bridgehead atoms. The third kappa shape index (κ3) is 2.82. The van der Waals surface area contributed by atoms with Crippen molar-refractivity contribution in [2.45, 2.75) is 31.2 Å². The predicted octanol–water partition coefficient (Wildman–Crippen LogP) is 2.21. The Labute approximate surface area is 140 Å². The number of hydrogen-bond donors (Lipinski definition) is 1. The molecule has 0 aromatic carbocycles. The van der Waals surface area contributed by atoms with Crippen molar-refractivity contribution in [1.82, 2.24) is 14.5 Å². The first-order valence-corrected chi connectivity index (χ1v) is 8.20. The lowest BCUT2D eigenvalue weighted by Crippen LogP contribution is -2.49. The maximum absolute atomic E-state index is 13.5. The van der Waals surface area contributed by atoms with Gasteiger partial charge in [0.25, 0.3) is 0 Å². The van der Waals surface area contributed by atoms with E-state index in [1.54, 1.807) is 11.3 Å². The summed E-state index contributed by atoms with van der Waals surface area (Å²) in [4.78, 5) is 18.5. The zero-order valence-corrected chi connectivity index (χ0v) is 13.7. The van der Waals surface area contributed by atoms with E-state index >= 15 is 0 Å². The van der Waals surface area contributed by atoms with Crippen LogP contribution in [0.4, 0.5) is 13.2 Å². The van der Waals surface area contributed by atoms with Gasteiger partial charge in [-0.2, -0.15) is 13.2 Å². The molecule has 5 nitrogen and oxygen atoms in total. The fourth-order valence-electron chi connectivity index (χ4n) is 2.86. The van der Waals surface area contributed by atoms with Crippen LogP contribution in [-0.4, -0.2) is 38.2 Å². The van der Waals surface area contributed by atoms with Gasteiger partial charge >= 0.3 is 6.18 Å². The van der Waals surface area contributed by atoms with Crippen molar-refractivity contribution < 1.29 is 23.1 Å². The Balaban J connectivity index is 1.84. The van der Waals surface area contributed by atoms with E-state index < -0.39 is 29.9 Å². The molecule has 0 saturated carbocycles. The van der Waals surface area contributed by atoms with Gasteiger partial charge in [0.2, 0.25) is 11.5 Å². The minimum absolute atomic E-state index is 0.270. The molecule has 0 spiro atoms. The van der Waals surface area contributed by atoms with Gasteiger partial charge in [-0.25, -0.2) is 4.98 Å². The van der Waals surface area contributed by atoms with E-state index in [9.17, 15) is 23.1 Å². The van der Waals surface area contributed by atoms with E-state index in [1.165, 1.54) is 18.1 Å². The SMILES string of the molecule is Cn1ccnc1C(O)(CC(=O)N1CCc2sccc2C1)C(F)(F)F. The van der Waals surface area contributed by atoms with Crippen molar-refractivity contribution in [3.05, 3.63) is 40.1 Å². The van der Waals surface area contributed by atoms with Crippen LogP contribution in [0.25, 0.3) is 0 Å². The number of amides is 1. The molecular formula is C15H16F3N3O2S. The fraction of sp³-hybridized carbons (Fsp3) is 0.467. The van der Waals surface area contributed by atoms with Crippen molar-refractivity contribution in [3.8, 4) is 0 Å². The van der Waals surface area contributed by atoms with Crippen LogP contribution < -0.4 is 0 Å². The van der Waals surface area contributed by atoms with E-state index in [1.807, 2.05) is 11.4 Å². The molecule has 0 aliphatic carbocycles. The summed E-state index contributed by atoms with van der Waals surface area (Å²) in [5.41, 5.74) is -2.36. The number of thiophene rings is 1. The number of halogens is 3. The van der Waals surface area contributed by atoms with Crippen molar-refractivity contribution in [1.29, 1.82) is 0 Å². The molecule has 0 saturated heterocycles. The number of imidazole rings is 1. The molecule has 1 aliphatic heterocycles. The first kappa shape index (κ1) is 17.0. The molecule has 1 amide bonds. The van der Waals surface area contributed by atoms with Crippen LogP contribution in [0.2, 0.25) is 0 Å². The molecule has 130 valence electrons. The zero-order chi connectivity index (χ0) is 17.5. The molecule has 2 aromatic heterocycles. The first-order valence-electron chi connectivity index (χ1n) is 7.32. The molecule has 9 heteroatoms. The molecular weight excluding hydrogens is 343 g/mol. The van der Waals surface area contributed by atoms with Crippen molar-refractivity contribution in [2.75, 3.05) is 6.54 Å². The van der Waals surface area contributed by atoms with E-state index in [4.69, 9.17) is 0 Å². The molecule has 1 unspecified atom stereocenters. The quantitative estimate of drug-likeness (QED) is 0.914. The summed E-state index contributed by atoms with van der Waals surface area (Å²) in [7, 11) is 1.35. The lowest BCUT2D eigenvalue weighted by molar-refractivity contribution is -0.272.